The van der Waals surface area contributed by atoms with E-state index in [1.807, 2.05) is 6.07 Å². The first-order chi connectivity index (χ1) is 10.1. The molecule has 0 aliphatic heterocycles. The molecule has 1 aromatic rings. The van der Waals surface area contributed by atoms with Gasteiger partial charge in [-0.25, -0.2) is 4.79 Å². The monoisotopic (exact) mass is 327 g/mol. The fourth-order valence-electron chi connectivity index (χ4n) is 1.32. The maximum atomic E-state index is 11.7. The number of aliphatic carboxylic acids is 1. The van der Waals surface area contributed by atoms with Crippen LogP contribution in [0.2, 0.25) is 0 Å². The number of amides is 2. The van der Waals surface area contributed by atoms with Gasteiger partial charge in [0.15, 0.2) is 0 Å². The van der Waals surface area contributed by atoms with Gasteiger partial charge in [-0.3, -0.25) is 9.59 Å². The van der Waals surface area contributed by atoms with E-state index in [4.69, 9.17) is 10.4 Å². The zero-order valence-electron chi connectivity index (χ0n) is 10.9. The van der Waals surface area contributed by atoms with E-state index in [0.29, 0.717) is 22.7 Å². The highest BCUT2D eigenvalue weighted by atomic mass is 32.2. The van der Waals surface area contributed by atoms with Crippen LogP contribution in [0.15, 0.2) is 11.4 Å². The molecule has 0 fully saturated rings. The second-order valence-corrected chi connectivity index (χ2v) is 5.89. The highest BCUT2D eigenvalue weighted by molar-refractivity contribution is 7.99. The second-order valence-electron chi connectivity index (χ2n) is 3.82. The van der Waals surface area contributed by atoms with Crippen LogP contribution in [-0.4, -0.2) is 40.9 Å². The lowest BCUT2D eigenvalue weighted by molar-refractivity contribution is -0.139. The van der Waals surface area contributed by atoms with Gasteiger partial charge in [-0.2, -0.15) is 17.0 Å². The summed E-state index contributed by atoms with van der Waals surface area (Å²) < 4.78 is 0. The Bertz CT molecular complexity index is 553. The molecule has 0 aliphatic carbocycles. The number of nitriles is 1. The summed E-state index contributed by atoms with van der Waals surface area (Å²) in [5.41, 5.74) is 0.419. The summed E-state index contributed by atoms with van der Waals surface area (Å²) in [4.78, 5) is 32.6. The van der Waals surface area contributed by atoms with Gasteiger partial charge < -0.3 is 15.7 Å². The van der Waals surface area contributed by atoms with Crippen molar-refractivity contribution in [3.63, 3.8) is 0 Å². The van der Waals surface area contributed by atoms with Gasteiger partial charge >= 0.3 is 5.97 Å². The summed E-state index contributed by atoms with van der Waals surface area (Å²) in [6, 6.07) is 2.64. The van der Waals surface area contributed by atoms with Crippen LogP contribution >= 0.6 is 23.1 Å². The Hall–Kier alpha value is -2.05. The fraction of sp³-hybridized carbons (Fsp3) is 0.333. The lowest BCUT2D eigenvalue weighted by Crippen LogP contribution is -2.37. The van der Waals surface area contributed by atoms with Gasteiger partial charge in [-0.15, -0.1) is 11.3 Å². The van der Waals surface area contributed by atoms with Crippen molar-refractivity contribution in [1.29, 1.82) is 5.26 Å². The molecular formula is C12H13N3O4S2. The Morgan fingerprint density at radius 1 is 1.57 bits per heavy atom. The van der Waals surface area contributed by atoms with Crippen molar-refractivity contribution in [3.05, 3.63) is 17.0 Å². The number of rotatable bonds is 9. The normalized spacial score (nSPS) is 11.2. The molecule has 1 heterocycles. The molecule has 3 N–H and O–H groups in total. The number of hydrogen-bond donors (Lipinski definition) is 3. The van der Waals surface area contributed by atoms with Crippen LogP contribution in [0.3, 0.4) is 0 Å². The van der Waals surface area contributed by atoms with Gasteiger partial charge in [-0.1, -0.05) is 0 Å². The number of carboxylic acids is 1. The number of carbonyl (C=O) groups is 3. The molecule has 0 aromatic carbocycles. The fourth-order valence-corrected chi connectivity index (χ4v) is 3.05. The minimum Gasteiger partial charge on any atom is -0.480 e. The van der Waals surface area contributed by atoms with Gasteiger partial charge in [-0.05, 0) is 11.4 Å². The summed E-state index contributed by atoms with van der Waals surface area (Å²) >= 11 is 2.53. The maximum Gasteiger partial charge on any atom is 0.327 e. The molecule has 112 valence electrons. The number of hydrogen-bond acceptors (Lipinski definition) is 6. The number of nitrogens with one attached hydrogen (secondary N) is 2. The molecule has 9 heteroatoms. The predicted molar refractivity (Wildman–Crippen MR) is 80.2 cm³/mol. The molecule has 21 heavy (non-hydrogen) atoms. The summed E-state index contributed by atoms with van der Waals surface area (Å²) in [7, 11) is 0. The van der Waals surface area contributed by atoms with Crippen molar-refractivity contribution in [2.24, 2.45) is 0 Å². The van der Waals surface area contributed by atoms with Crippen molar-refractivity contribution >= 4 is 46.4 Å². The van der Waals surface area contributed by atoms with Crippen molar-refractivity contribution in [1.82, 2.24) is 5.32 Å². The molecule has 0 radical (unpaired) electrons. The Morgan fingerprint density at radius 2 is 2.33 bits per heavy atom. The van der Waals surface area contributed by atoms with Gasteiger partial charge in [0.2, 0.25) is 12.3 Å². The first-order valence-electron chi connectivity index (χ1n) is 5.86. The molecule has 0 aliphatic rings. The van der Waals surface area contributed by atoms with Crippen LogP contribution in [0.4, 0.5) is 5.00 Å². The van der Waals surface area contributed by atoms with Gasteiger partial charge in [0.1, 0.15) is 17.1 Å². The van der Waals surface area contributed by atoms with E-state index in [1.54, 1.807) is 11.4 Å². The number of carboxylic acid groups (broad SMARTS) is 1. The average molecular weight is 327 g/mol. The number of thioether (sulfide) groups is 1. The number of nitrogens with zero attached hydrogens (tertiary/aromatic N) is 1. The summed E-state index contributed by atoms with van der Waals surface area (Å²) in [6.07, 6.45) is 0.535. The van der Waals surface area contributed by atoms with E-state index >= 15 is 0 Å². The summed E-state index contributed by atoms with van der Waals surface area (Å²) in [6.45, 7) is 0. The molecule has 1 atom stereocenters. The third kappa shape index (κ3) is 5.85. The van der Waals surface area contributed by atoms with Crippen LogP contribution in [-0.2, 0) is 14.4 Å². The quantitative estimate of drug-likeness (QED) is 0.457. The molecule has 1 unspecified atom stereocenters. The standard InChI is InChI=1S/C12H13N3O4S2/c13-5-8-1-4-21-11(8)15-10(17)2-3-20-6-9(12(18)19)14-7-16/h1,4,7,9H,2-3,6H2,(H,14,16)(H,15,17)(H,18,19). The van der Waals surface area contributed by atoms with Gasteiger partial charge in [0.05, 0.1) is 5.56 Å². The summed E-state index contributed by atoms with van der Waals surface area (Å²) in [5.74, 6) is -0.749. The van der Waals surface area contributed by atoms with E-state index in [1.165, 1.54) is 23.1 Å². The lowest BCUT2D eigenvalue weighted by atomic mass is 10.3. The largest absolute Gasteiger partial charge is 0.480 e. The topological polar surface area (TPSA) is 119 Å². The minimum absolute atomic E-state index is 0.184. The van der Waals surface area contributed by atoms with E-state index in [-0.39, 0.29) is 18.1 Å². The van der Waals surface area contributed by atoms with Crippen LogP contribution in [0, 0.1) is 11.3 Å². The zero-order chi connectivity index (χ0) is 15.7. The minimum atomic E-state index is -1.11. The van der Waals surface area contributed by atoms with Crippen LogP contribution < -0.4 is 10.6 Å². The highest BCUT2D eigenvalue weighted by Crippen LogP contribution is 2.22. The van der Waals surface area contributed by atoms with Crippen molar-refractivity contribution in [2.45, 2.75) is 12.5 Å². The number of anilines is 1. The molecule has 0 spiro atoms. The molecule has 1 aromatic heterocycles. The molecule has 0 bridgehead atoms. The van der Waals surface area contributed by atoms with Crippen molar-refractivity contribution in [2.75, 3.05) is 16.8 Å². The Morgan fingerprint density at radius 3 is 2.95 bits per heavy atom. The molecule has 0 saturated carbocycles. The lowest BCUT2D eigenvalue weighted by Gasteiger charge is -2.10. The van der Waals surface area contributed by atoms with E-state index in [9.17, 15) is 14.4 Å². The average Bonchev–Trinajstić information content (AvgIpc) is 2.89. The first-order valence-corrected chi connectivity index (χ1v) is 7.89. The molecule has 2 amide bonds. The van der Waals surface area contributed by atoms with E-state index < -0.39 is 12.0 Å². The van der Waals surface area contributed by atoms with E-state index in [0.717, 1.165) is 0 Å². The Kier molecular flexibility index (Phi) is 7.28. The van der Waals surface area contributed by atoms with Crippen molar-refractivity contribution < 1.29 is 19.5 Å². The summed E-state index contributed by atoms with van der Waals surface area (Å²) in [5, 5.41) is 24.7. The second kappa shape index (κ2) is 8.99. The van der Waals surface area contributed by atoms with Crippen molar-refractivity contribution in [3.8, 4) is 6.07 Å². The first kappa shape index (κ1) is 17.0. The third-order valence-electron chi connectivity index (χ3n) is 2.36. The number of thiophene rings is 1. The highest BCUT2D eigenvalue weighted by Gasteiger charge is 2.16. The SMILES string of the molecule is N#Cc1ccsc1NC(=O)CCSCC(NC=O)C(=O)O. The predicted octanol–water partition coefficient (Wildman–Crippen LogP) is 0.881. The zero-order valence-corrected chi connectivity index (χ0v) is 12.5. The maximum absolute atomic E-state index is 11.7. The Labute approximate surface area is 129 Å². The Balaban J connectivity index is 2.29. The molecule has 7 nitrogen and oxygen atoms in total. The van der Waals surface area contributed by atoms with Gasteiger partial charge in [0.25, 0.3) is 0 Å². The van der Waals surface area contributed by atoms with Crippen LogP contribution in [0.25, 0.3) is 0 Å². The van der Waals surface area contributed by atoms with E-state index in [2.05, 4.69) is 10.6 Å². The smallest absolute Gasteiger partial charge is 0.327 e. The molecular weight excluding hydrogens is 314 g/mol. The third-order valence-corrected chi connectivity index (χ3v) is 4.26. The molecule has 0 saturated heterocycles. The van der Waals surface area contributed by atoms with Gasteiger partial charge in [0, 0.05) is 17.9 Å². The molecule has 1 rings (SSSR count). The van der Waals surface area contributed by atoms with Crippen LogP contribution in [0.1, 0.15) is 12.0 Å². The van der Waals surface area contributed by atoms with Crippen LogP contribution in [0.5, 0.6) is 0 Å². The number of carbonyl (C=O) groups excluding carboxylic acids is 2.